The van der Waals surface area contributed by atoms with Gasteiger partial charge in [-0.25, -0.2) is 5.43 Å². The monoisotopic (exact) mass is 128 g/mol. The summed E-state index contributed by atoms with van der Waals surface area (Å²) in [5.74, 6) is -0.458. The highest BCUT2D eigenvalue weighted by Gasteiger charge is 2.38. The van der Waals surface area contributed by atoms with Crippen molar-refractivity contribution in [3.8, 4) is 0 Å². The summed E-state index contributed by atoms with van der Waals surface area (Å²) in [6.45, 7) is 3.01. The van der Waals surface area contributed by atoms with Crippen molar-refractivity contribution in [1.82, 2.24) is 5.43 Å². The molecule has 0 saturated carbocycles. The molecular weight excluding hydrogens is 120 g/mol. The second kappa shape index (κ2) is 1.54. The van der Waals surface area contributed by atoms with E-state index < -0.39 is 11.5 Å². The molecule has 0 saturated heterocycles. The second-order valence-electron chi connectivity index (χ2n) is 2.21. The number of rotatable bonds is 0. The third-order valence-electron chi connectivity index (χ3n) is 1.47. The number of nitrogens with one attached hydrogen (secondary N) is 1. The number of aliphatic hydroxyl groups is 1. The molecule has 0 aromatic carbocycles. The average molecular weight is 128 g/mol. The van der Waals surface area contributed by atoms with Gasteiger partial charge in [0, 0.05) is 0 Å². The van der Waals surface area contributed by atoms with E-state index in [2.05, 4.69) is 10.5 Å². The normalized spacial score (nSPS) is 34.1. The Hall–Kier alpha value is -0.900. The number of carbonyl (C=O) groups excluding carboxylic acids is 1. The van der Waals surface area contributed by atoms with Crippen LogP contribution in [0, 0.1) is 0 Å². The fourth-order valence-corrected chi connectivity index (χ4v) is 0.517. The van der Waals surface area contributed by atoms with E-state index in [-0.39, 0.29) is 0 Å². The molecule has 1 atom stereocenters. The van der Waals surface area contributed by atoms with Crippen LogP contribution < -0.4 is 5.43 Å². The summed E-state index contributed by atoms with van der Waals surface area (Å²) in [4.78, 5) is 10.6. The Morgan fingerprint density at radius 2 is 2.33 bits per heavy atom. The lowest BCUT2D eigenvalue weighted by atomic mass is 10.0. The Kier molecular flexibility index (Phi) is 1.06. The van der Waals surface area contributed by atoms with E-state index in [0.29, 0.717) is 5.71 Å². The molecule has 0 bridgehead atoms. The van der Waals surface area contributed by atoms with Crippen molar-refractivity contribution in [1.29, 1.82) is 0 Å². The quantitative estimate of drug-likeness (QED) is 0.450. The average Bonchev–Trinajstić information content (AvgIpc) is 1.96. The first-order chi connectivity index (χ1) is 4.05. The van der Waals surface area contributed by atoms with Crippen LogP contribution in [0.4, 0.5) is 0 Å². The maximum atomic E-state index is 10.6. The highest BCUT2D eigenvalue weighted by Crippen LogP contribution is 2.10. The Balaban J connectivity index is 2.93. The summed E-state index contributed by atoms with van der Waals surface area (Å²) in [5, 5.41) is 12.7. The first-order valence-corrected chi connectivity index (χ1v) is 2.62. The number of hydrogen-bond donors (Lipinski definition) is 2. The first kappa shape index (κ1) is 6.22. The number of hydrazone groups is 1. The van der Waals surface area contributed by atoms with Gasteiger partial charge >= 0.3 is 0 Å². The summed E-state index contributed by atoms with van der Waals surface area (Å²) in [7, 11) is 0. The fourth-order valence-electron chi connectivity index (χ4n) is 0.517. The molecule has 2 N–H and O–H groups in total. The number of hydrogen-bond acceptors (Lipinski definition) is 3. The van der Waals surface area contributed by atoms with Crippen molar-refractivity contribution in [2.24, 2.45) is 5.10 Å². The van der Waals surface area contributed by atoms with E-state index in [4.69, 9.17) is 0 Å². The van der Waals surface area contributed by atoms with Crippen molar-refractivity contribution in [3.05, 3.63) is 0 Å². The number of carbonyl (C=O) groups is 1. The predicted octanol–water partition coefficient (Wildman–Crippen LogP) is -0.757. The van der Waals surface area contributed by atoms with Gasteiger partial charge in [0.2, 0.25) is 0 Å². The molecule has 4 heteroatoms. The van der Waals surface area contributed by atoms with E-state index in [9.17, 15) is 9.90 Å². The zero-order chi connectivity index (χ0) is 7.07. The van der Waals surface area contributed by atoms with Crippen LogP contribution in [0.2, 0.25) is 0 Å². The Bertz CT molecular complexity index is 183. The van der Waals surface area contributed by atoms with Crippen molar-refractivity contribution in [2.45, 2.75) is 19.4 Å². The standard InChI is InChI=1S/C5H8N2O2/c1-3-5(2,9)4(8)7-6-3/h9H,1-2H3,(H,7,8). The SMILES string of the molecule is CC1=NNC(=O)C1(C)O. The molecule has 9 heavy (non-hydrogen) atoms. The van der Waals surface area contributed by atoms with Gasteiger partial charge in [0.1, 0.15) is 0 Å². The van der Waals surface area contributed by atoms with E-state index in [1.54, 1.807) is 6.92 Å². The molecule has 1 aliphatic heterocycles. The minimum atomic E-state index is -1.39. The minimum absolute atomic E-state index is 0.410. The Morgan fingerprint density at radius 1 is 1.78 bits per heavy atom. The van der Waals surface area contributed by atoms with Crippen LogP contribution in [0.1, 0.15) is 13.8 Å². The lowest BCUT2D eigenvalue weighted by molar-refractivity contribution is -0.130. The lowest BCUT2D eigenvalue weighted by Crippen LogP contribution is -2.41. The summed E-state index contributed by atoms with van der Waals surface area (Å²) >= 11 is 0. The van der Waals surface area contributed by atoms with E-state index in [1.165, 1.54) is 6.92 Å². The molecule has 4 nitrogen and oxygen atoms in total. The van der Waals surface area contributed by atoms with Gasteiger partial charge < -0.3 is 5.11 Å². The van der Waals surface area contributed by atoms with Gasteiger partial charge in [-0.3, -0.25) is 4.79 Å². The molecule has 0 radical (unpaired) electrons. The molecule has 0 aromatic rings. The minimum Gasteiger partial charge on any atom is -0.374 e. The van der Waals surface area contributed by atoms with Crippen LogP contribution in [-0.4, -0.2) is 22.3 Å². The maximum Gasteiger partial charge on any atom is 0.277 e. The summed E-state index contributed by atoms with van der Waals surface area (Å²) < 4.78 is 0. The topological polar surface area (TPSA) is 61.7 Å². The summed E-state index contributed by atoms with van der Waals surface area (Å²) in [5.41, 5.74) is 1.18. The van der Waals surface area contributed by atoms with E-state index >= 15 is 0 Å². The van der Waals surface area contributed by atoms with Crippen molar-refractivity contribution < 1.29 is 9.90 Å². The van der Waals surface area contributed by atoms with Crippen LogP contribution in [0.5, 0.6) is 0 Å². The van der Waals surface area contributed by atoms with Crippen LogP contribution >= 0.6 is 0 Å². The molecule has 1 amide bonds. The fraction of sp³-hybridized carbons (Fsp3) is 0.600. The molecule has 0 spiro atoms. The number of amides is 1. The van der Waals surface area contributed by atoms with Crippen LogP contribution in [0.3, 0.4) is 0 Å². The third kappa shape index (κ3) is 0.712. The third-order valence-corrected chi connectivity index (χ3v) is 1.47. The summed E-state index contributed by atoms with van der Waals surface area (Å²) in [6.07, 6.45) is 0. The van der Waals surface area contributed by atoms with Gasteiger partial charge in [-0.1, -0.05) is 0 Å². The first-order valence-electron chi connectivity index (χ1n) is 2.62. The van der Waals surface area contributed by atoms with Gasteiger partial charge in [-0.05, 0) is 13.8 Å². The smallest absolute Gasteiger partial charge is 0.277 e. The molecule has 1 unspecified atom stereocenters. The van der Waals surface area contributed by atoms with Crippen LogP contribution in [0.15, 0.2) is 5.10 Å². The molecule has 0 aromatic heterocycles. The molecular formula is C5H8N2O2. The predicted molar refractivity (Wildman–Crippen MR) is 31.9 cm³/mol. The Labute approximate surface area is 52.6 Å². The molecule has 50 valence electrons. The lowest BCUT2D eigenvalue weighted by Gasteiger charge is -2.10. The van der Waals surface area contributed by atoms with Gasteiger partial charge in [0.05, 0.1) is 5.71 Å². The zero-order valence-electron chi connectivity index (χ0n) is 5.30. The maximum absolute atomic E-state index is 10.6. The Morgan fingerprint density at radius 3 is 2.44 bits per heavy atom. The highest BCUT2D eigenvalue weighted by molar-refractivity contribution is 6.13. The molecule has 1 rings (SSSR count). The number of nitrogens with zero attached hydrogens (tertiary/aromatic N) is 1. The molecule has 0 aliphatic carbocycles. The largest absolute Gasteiger partial charge is 0.374 e. The van der Waals surface area contributed by atoms with Crippen molar-refractivity contribution in [2.75, 3.05) is 0 Å². The van der Waals surface area contributed by atoms with Crippen LogP contribution in [0.25, 0.3) is 0 Å². The molecule has 0 fully saturated rings. The second-order valence-corrected chi connectivity index (χ2v) is 2.21. The van der Waals surface area contributed by atoms with Crippen LogP contribution in [-0.2, 0) is 4.79 Å². The van der Waals surface area contributed by atoms with Gasteiger partial charge in [-0.2, -0.15) is 5.10 Å². The van der Waals surface area contributed by atoms with Crippen molar-refractivity contribution in [3.63, 3.8) is 0 Å². The summed E-state index contributed by atoms with van der Waals surface area (Å²) in [6, 6.07) is 0. The zero-order valence-corrected chi connectivity index (χ0v) is 5.30. The van der Waals surface area contributed by atoms with Gasteiger partial charge in [0.15, 0.2) is 5.60 Å². The van der Waals surface area contributed by atoms with E-state index in [0.717, 1.165) is 0 Å². The molecule has 1 heterocycles. The molecule has 1 aliphatic rings. The van der Waals surface area contributed by atoms with Gasteiger partial charge in [0.25, 0.3) is 5.91 Å². The highest BCUT2D eigenvalue weighted by atomic mass is 16.3. The van der Waals surface area contributed by atoms with Crippen molar-refractivity contribution >= 4 is 11.6 Å². The van der Waals surface area contributed by atoms with Gasteiger partial charge in [-0.15, -0.1) is 0 Å². The van der Waals surface area contributed by atoms with E-state index in [1.807, 2.05) is 0 Å².